The van der Waals surface area contributed by atoms with E-state index in [1.807, 2.05) is 32.9 Å². The van der Waals surface area contributed by atoms with Crippen LogP contribution in [0.2, 0.25) is 0 Å². The van der Waals surface area contributed by atoms with Crippen molar-refractivity contribution >= 4 is 11.9 Å². The number of carbonyl (C=O) groups is 2. The van der Waals surface area contributed by atoms with Crippen molar-refractivity contribution in [3.8, 4) is 5.75 Å². The van der Waals surface area contributed by atoms with Crippen LogP contribution < -0.4 is 4.74 Å². The summed E-state index contributed by atoms with van der Waals surface area (Å²) in [6.45, 7) is 6.08. The molecule has 1 aliphatic rings. The summed E-state index contributed by atoms with van der Waals surface area (Å²) in [6, 6.07) is 3.95. The Kier molecular flexibility index (Phi) is 5.26. The molecule has 6 nitrogen and oxygen atoms in total. The van der Waals surface area contributed by atoms with Crippen molar-refractivity contribution in [3.63, 3.8) is 0 Å². The largest absolute Gasteiger partial charge is 0.483 e. The summed E-state index contributed by atoms with van der Waals surface area (Å²) in [6.07, 6.45) is -0.635. The third-order valence-electron chi connectivity index (χ3n) is 4.46. The SMILES string of the molecule is Cc1ccc(C)c(OCC(=O)N2CC[C@@H](O)[C@@H](C(=O)O)C2)c1C. The maximum Gasteiger partial charge on any atom is 0.310 e. The molecule has 1 amide bonds. The van der Waals surface area contributed by atoms with Crippen LogP contribution in [0.4, 0.5) is 0 Å². The van der Waals surface area contributed by atoms with Gasteiger partial charge in [0.1, 0.15) is 11.7 Å². The summed E-state index contributed by atoms with van der Waals surface area (Å²) in [7, 11) is 0. The van der Waals surface area contributed by atoms with E-state index in [2.05, 4.69) is 0 Å². The Hall–Kier alpha value is -2.08. The number of amides is 1. The van der Waals surface area contributed by atoms with E-state index in [0.717, 1.165) is 16.7 Å². The van der Waals surface area contributed by atoms with Gasteiger partial charge in [-0.05, 0) is 43.9 Å². The molecule has 1 saturated heterocycles. The van der Waals surface area contributed by atoms with Gasteiger partial charge in [-0.15, -0.1) is 0 Å². The van der Waals surface area contributed by atoms with E-state index in [0.29, 0.717) is 12.3 Å². The third-order valence-corrected chi connectivity index (χ3v) is 4.46. The summed E-state index contributed by atoms with van der Waals surface area (Å²) in [5.74, 6) is -1.58. The van der Waals surface area contributed by atoms with E-state index >= 15 is 0 Å². The van der Waals surface area contributed by atoms with Gasteiger partial charge in [-0.2, -0.15) is 0 Å². The van der Waals surface area contributed by atoms with Gasteiger partial charge in [0.05, 0.1) is 6.10 Å². The Morgan fingerprint density at radius 1 is 1.26 bits per heavy atom. The van der Waals surface area contributed by atoms with Gasteiger partial charge >= 0.3 is 5.97 Å². The highest BCUT2D eigenvalue weighted by Gasteiger charge is 2.35. The van der Waals surface area contributed by atoms with E-state index < -0.39 is 18.0 Å². The fourth-order valence-electron chi connectivity index (χ4n) is 2.78. The first-order chi connectivity index (χ1) is 10.8. The molecule has 0 aromatic heterocycles. The Morgan fingerprint density at radius 3 is 2.57 bits per heavy atom. The lowest BCUT2D eigenvalue weighted by Gasteiger charge is -2.34. The van der Waals surface area contributed by atoms with Crippen molar-refractivity contribution in [2.45, 2.75) is 33.3 Å². The predicted molar refractivity (Wildman–Crippen MR) is 84.5 cm³/mol. The minimum atomic E-state index is -1.08. The second-order valence-corrected chi connectivity index (χ2v) is 6.08. The lowest BCUT2D eigenvalue weighted by atomic mass is 9.95. The van der Waals surface area contributed by atoms with Crippen LogP contribution in [0.1, 0.15) is 23.1 Å². The quantitative estimate of drug-likeness (QED) is 0.872. The molecule has 126 valence electrons. The molecule has 1 aliphatic heterocycles. The molecular weight excluding hydrogens is 298 g/mol. The maximum absolute atomic E-state index is 12.3. The molecule has 0 unspecified atom stereocenters. The average Bonchev–Trinajstić information content (AvgIpc) is 2.51. The molecule has 0 radical (unpaired) electrons. The lowest BCUT2D eigenvalue weighted by molar-refractivity contribution is -0.152. The van der Waals surface area contributed by atoms with Gasteiger partial charge < -0.3 is 19.8 Å². The molecule has 0 aliphatic carbocycles. The van der Waals surface area contributed by atoms with Crippen LogP contribution in [-0.4, -0.2) is 52.8 Å². The van der Waals surface area contributed by atoms with Crippen LogP contribution in [0.5, 0.6) is 5.75 Å². The van der Waals surface area contributed by atoms with Crippen molar-refractivity contribution in [1.29, 1.82) is 0 Å². The molecule has 0 bridgehead atoms. The molecule has 6 heteroatoms. The van der Waals surface area contributed by atoms with Crippen molar-refractivity contribution < 1.29 is 24.5 Å². The molecular formula is C17H23NO5. The zero-order valence-corrected chi connectivity index (χ0v) is 13.7. The Labute approximate surface area is 135 Å². The number of rotatable bonds is 4. The maximum atomic E-state index is 12.3. The number of aliphatic hydroxyl groups is 1. The number of hydrogen-bond acceptors (Lipinski definition) is 4. The topological polar surface area (TPSA) is 87.1 Å². The first kappa shape index (κ1) is 17.3. The monoisotopic (exact) mass is 321 g/mol. The van der Waals surface area contributed by atoms with Crippen molar-refractivity contribution in [1.82, 2.24) is 4.90 Å². The fraction of sp³-hybridized carbons (Fsp3) is 0.529. The number of piperidine rings is 1. The van der Waals surface area contributed by atoms with Crippen LogP contribution in [0.15, 0.2) is 12.1 Å². The van der Waals surface area contributed by atoms with Crippen molar-refractivity contribution in [3.05, 3.63) is 28.8 Å². The smallest absolute Gasteiger partial charge is 0.310 e. The second-order valence-electron chi connectivity index (χ2n) is 6.08. The number of nitrogens with zero attached hydrogens (tertiary/aromatic N) is 1. The summed E-state index contributed by atoms with van der Waals surface area (Å²) in [4.78, 5) is 24.8. The highest BCUT2D eigenvalue weighted by atomic mass is 16.5. The Balaban J connectivity index is 2.00. The first-order valence-corrected chi connectivity index (χ1v) is 7.69. The number of aliphatic hydroxyl groups excluding tert-OH is 1. The molecule has 0 spiro atoms. The first-order valence-electron chi connectivity index (χ1n) is 7.69. The van der Waals surface area contributed by atoms with Crippen LogP contribution in [0.25, 0.3) is 0 Å². The lowest BCUT2D eigenvalue weighted by Crippen LogP contribution is -2.50. The number of aryl methyl sites for hydroxylation is 2. The third kappa shape index (κ3) is 3.82. The zero-order chi connectivity index (χ0) is 17.1. The van der Waals surface area contributed by atoms with Gasteiger partial charge in [-0.1, -0.05) is 12.1 Å². The molecule has 2 N–H and O–H groups in total. The zero-order valence-electron chi connectivity index (χ0n) is 13.7. The number of hydrogen-bond donors (Lipinski definition) is 2. The molecule has 23 heavy (non-hydrogen) atoms. The van der Waals surface area contributed by atoms with E-state index in [1.54, 1.807) is 0 Å². The molecule has 0 saturated carbocycles. The molecule has 1 heterocycles. The van der Waals surface area contributed by atoms with Gasteiger partial charge in [0.2, 0.25) is 0 Å². The summed E-state index contributed by atoms with van der Waals surface area (Å²) >= 11 is 0. The van der Waals surface area contributed by atoms with Gasteiger partial charge in [0.25, 0.3) is 5.91 Å². The summed E-state index contributed by atoms with van der Waals surface area (Å²) in [5.41, 5.74) is 3.04. The standard InChI is InChI=1S/C17H23NO5/c1-10-4-5-11(2)16(12(10)3)23-9-15(20)18-7-6-14(19)13(8-18)17(21)22/h4-5,13-14,19H,6-9H2,1-3H3,(H,21,22)/t13-,14+/m0/s1. The summed E-state index contributed by atoms with van der Waals surface area (Å²) < 4.78 is 5.68. The van der Waals surface area contributed by atoms with Crippen LogP contribution in [0, 0.1) is 26.7 Å². The number of carboxylic acids is 1. The molecule has 1 aromatic rings. The Morgan fingerprint density at radius 2 is 1.91 bits per heavy atom. The number of aliphatic carboxylic acids is 1. The minimum Gasteiger partial charge on any atom is -0.483 e. The normalized spacial score (nSPS) is 21.1. The number of carboxylic acid groups (broad SMARTS) is 1. The van der Waals surface area contributed by atoms with Gasteiger partial charge in [-0.3, -0.25) is 9.59 Å². The summed E-state index contributed by atoms with van der Waals surface area (Å²) in [5, 5.41) is 18.8. The van der Waals surface area contributed by atoms with Gasteiger partial charge in [-0.25, -0.2) is 0 Å². The van der Waals surface area contributed by atoms with Crippen LogP contribution >= 0.6 is 0 Å². The molecule has 1 aromatic carbocycles. The number of carbonyl (C=O) groups excluding carboxylic acids is 1. The number of benzene rings is 1. The van der Waals surface area contributed by atoms with E-state index in [4.69, 9.17) is 9.84 Å². The van der Waals surface area contributed by atoms with E-state index in [9.17, 15) is 14.7 Å². The Bertz CT molecular complexity index is 613. The minimum absolute atomic E-state index is 0.0183. The average molecular weight is 321 g/mol. The predicted octanol–water partition coefficient (Wildman–Crippen LogP) is 1.28. The second kappa shape index (κ2) is 7.00. The molecule has 1 fully saturated rings. The molecule has 2 rings (SSSR count). The van der Waals surface area contributed by atoms with Crippen molar-refractivity contribution in [2.24, 2.45) is 5.92 Å². The van der Waals surface area contributed by atoms with Crippen LogP contribution in [0.3, 0.4) is 0 Å². The van der Waals surface area contributed by atoms with Crippen molar-refractivity contribution in [2.75, 3.05) is 19.7 Å². The van der Waals surface area contributed by atoms with Crippen LogP contribution in [-0.2, 0) is 9.59 Å². The van der Waals surface area contributed by atoms with E-state index in [-0.39, 0.29) is 25.5 Å². The number of likely N-dealkylation sites (tertiary alicyclic amines) is 1. The highest BCUT2D eigenvalue weighted by Crippen LogP contribution is 2.26. The van der Waals surface area contributed by atoms with Gasteiger partial charge in [0.15, 0.2) is 6.61 Å². The number of ether oxygens (including phenoxy) is 1. The molecule has 2 atom stereocenters. The van der Waals surface area contributed by atoms with Gasteiger partial charge in [0, 0.05) is 13.1 Å². The highest BCUT2D eigenvalue weighted by molar-refractivity contribution is 5.79. The van der Waals surface area contributed by atoms with E-state index in [1.165, 1.54) is 4.90 Å². The fourth-order valence-corrected chi connectivity index (χ4v) is 2.78.